The number of thiazole rings is 1. The molecule has 3 aromatic heterocycles. The molecule has 2 aliphatic rings. The minimum atomic E-state index is -1.46. The van der Waals surface area contributed by atoms with Gasteiger partial charge < -0.3 is 30.2 Å². The smallest absolute Gasteiger partial charge is 0.276 e. The number of aliphatic carboxylic acids is 1. The number of aromatic nitrogens is 3. The molecule has 1 fully saturated rings. The van der Waals surface area contributed by atoms with E-state index in [1.807, 2.05) is 12.1 Å². The summed E-state index contributed by atoms with van der Waals surface area (Å²) < 4.78 is 7.07. The van der Waals surface area contributed by atoms with Crippen LogP contribution in [0, 0.1) is 0 Å². The Morgan fingerprint density at radius 3 is 2.81 bits per heavy atom. The molecule has 0 spiro atoms. The molecule has 5 heterocycles. The Kier molecular flexibility index (Phi) is 6.62. The van der Waals surface area contributed by atoms with Crippen LogP contribution in [0.25, 0.3) is 11.3 Å². The quantitative estimate of drug-likeness (QED) is 0.157. The van der Waals surface area contributed by atoms with Gasteiger partial charge in [0.2, 0.25) is 0 Å². The number of hydrogen-bond donors (Lipinski definition) is 2. The van der Waals surface area contributed by atoms with Gasteiger partial charge in [0.15, 0.2) is 41.9 Å². The second-order valence-corrected chi connectivity index (χ2v) is 9.91. The van der Waals surface area contributed by atoms with Crippen LogP contribution in [-0.4, -0.2) is 62.6 Å². The molecule has 2 atom stereocenters. The van der Waals surface area contributed by atoms with Gasteiger partial charge in [-0.2, -0.15) is 0 Å². The zero-order chi connectivity index (χ0) is 26.1. The molecule has 0 unspecified atom stereocenters. The number of pyridine rings is 1. The summed E-state index contributed by atoms with van der Waals surface area (Å²) in [6.45, 7) is 0.233. The van der Waals surface area contributed by atoms with Crippen molar-refractivity contribution in [1.82, 2.24) is 20.2 Å². The molecular formula is C22H19N7O6S2. The van der Waals surface area contributed by atoms with Crippen molar-refractivity contribution < 1.29 is 33.3 Å². The van der Waals surface area contributed by atoms with E-state index in [-0.39, 0.29) is 28.8 Å². The van der Waals surface area contributed by atoms with Crippen molar-refractivity contribution in [3.8, 4) is 11.3 Å². The van der Waals surface area contributed by atoms with Crippen LogP contribution in [0.15, 0.2) is 63.3 Å². The molecule has 0 aliphatic carbocycles. The van der Waals surface area contributed by atoms with Gasteiger partial charge in [-0.1, -0.05) is 5.16 Å². The second kappa shape index (κ2) is 10.0. The summed E-state index contributed by atoms with van der Waals surface area (Å²) in [5.41, 5.74) is 6.83. The van der Waals surface area contributed by atoms with E-state index in [1.165, 1.54) is 30.6 Å². The average Bonchev–Trinajstić information content (AvgIpc) is 3.58. The fourth-order valence-corrected chi connectivity index (χ4v) is 5.88. The maximum absolute atomic E-state index is 13.0. The number of nitrogen functional groups attached to an aromatic ring is 1. The third-order valence-corrected chi connectivity index (χ3v) is 7.68. The highest BCUT2D eigenvalue weighted by Crippen LogP contribution is 2.40. The predicted molar refractivity (Wildman–Crippen MR) is 129 cm³/mol. The van der Waals surface area contributed by atoms with Crippen molar-refractivity contribution in [3.05, 3.63) is 59.5 Å². The van der Waals surface area contributed by atoms with Crippen molar-refractivity contribution in [3.63, 3.8) is 0 Å². The molecule has 0 aromatic carbocycles. The van der Waals surface area contributed by atoms with Crippen LogP contribution in [-0.2, 0) is 25.8 Å². The van der Waals surface area contributed by atoms with Gasteiger partial charge in [-0.05, 0) is 0 Å². The highest BCUT2D eigenvalue weighted by molar-refractivity contribution is 8.00. The zero-order valence-electron chi connectivity index (χ0n) is 19.2. The molecule has 190 valence electrons. The van der Waals surface area contributed by atoms with E-state index >= 15 is 0 Å². The molecule has 0 saturated carbocycles. The van der Waals surface area contributed by atoms with E-state index in [4.69, 9.17) is 15.0 Å². The summed E-state index contributed by atoms with van der Waals surface area (Å²) in [6, 6.07) is 2.67. The third kappa shape index (κ3) is 4.65. The maximum Gasteiger partial charge on any atom is 0.276 e. The molecule has 2 aliphatic heterocycles. The fraction of sp³-hybridized carbons (Fsp3) is 0.227. The molecule has 0 bridgehead atoms. The molecule has 1 saturated heterocycles. The molecule has 3 aromatic rings. The number of carboxylic acid groups (broad SMARTS) is 1. The number of anilines is 1. The number of nitrogens with two attached hydrogens (primary N) is 1. The van der Waals surface area contributed by atoms with Gasteiger partial charge in [-0.3, -0.25) is 14.5 Å². The van der Waals surface area contributed by atoms with Crippen LogP contribution in [0.2, 0.25) is 0 Å². The van der Waals surface area contributed by atoms with Crippen LogP contribution in [0.4, 0.5) is 5.13 Å². The van der Waals surface area contributed by atoms with Gasteiger partial charge >= 0.3 is 0 Å². The fourth-order valence-electron chi connectivity index (χ4n) is 4.00. The summed E-state index contributed by atoms with van der Waals surface area (Å²) in [5, 5.41) is 19.5. The summed E-state index contributed by atoms with van der Waals surface area (Å²) >= 11 is 2.46. The number of hydrogen-bond acceptors (Lipinski definition) is 12. The Balaban J connectivity index is 1.32. The van der Waals surface area contributed by atoms with Crippen molar-refractivity contribution in [2.45, 2.75) is 18.0 Å². The van der Waals surface area contributed by atoms with Gasteiger partial charge in [-0.15, -0.1) is 23.1 Å². The number of oxime groups is 1. The normalized spacial score (nSPS) is 19.3. The van der Waals surface area contributed by atoms with E-state index in [9.17, 15) is 19.5 Å². The number of nitrogens with zero attached hydrogens (tertiary/aromatic N) is 5. The number of nitrogens with one attached hydrogen (secondary N) is 1. The van der Waals surface area contributed by atoms with Gasteiger partial charge in [0.1, 0.15) is 24.2 Å². The monoisotopic (exact) mass is 541 g/mol. The lowest BCUT2D eigenvalue weighted by atomic mass is 10.0. The van der Waals surface area contributed by atoms with Crippen LogP contribution < -0.4 is 20.7 Å². The minimum absolute atomic E-state index is 0.149. The molecule has 3 N–H and O–H groups in total. The lowest BCUT2D eigenvalue weighted by molar-refractivity contribution is -0.689. The number of amides is 2. The van der Waals surface area contributed by atoms with Crippen molar-refractivity contribution >= 4 is 51.7 Å². The summed E-state index contributed by atoms with van der Waals surface area (Å²) in [7, 11) is 1.27. The van der Waals surface area contributed by atoms with Crippen molar-refractivity contribution in [2.75, 3.05) is 18.6 Å². The van der Waals surface area contributed by atoms with Crippen molar-refractivity contribution in [2.24, 2.45) is 5.16 Å². The van der Waals surface area contributed by atoms with Gasteiger partial charge in [0.05, 0.1) is 17.9 Å². The van der Waals surface area contributed by atoms with Gasteiger partial charge in [0, 0.05) is 34.4 Å². The number of carbonyl (C=O) groups is 3. The van der Waals surface area contributed by atoms with E-state index < -0.39 is 29.2 Å². The first-order valence-electron chi connectivity index (χ1n) is 10.8. The molecule has 0 radical (unpaired) electrons. The molecular weight excluding hydrogens is 522 g/mol. The Hall–Kier alpha value is -4.24. The third-order valence-electron chi connectivity index (χ3n) is 5.67. The van der Waals surface area contributed by atoms with Gasteiger partial charge in [-0.25, -0.2) is 14.5 Å². The topological polar surface area (TPSA) is 180 Å². The van der Waals surface area contributed by atoms with Crippen LogP contribution in [0.3, 0.4) is 0 Å². The van der Waals surface area contributed by atoms with Crippen LogP contribution in [0.1, 0.15) is 5.69 Å². The number of rotatable bonds is 8. The molecule has 37 heavy (non-hydrogen) atoms. The minimum Gasteiger partial charge on any atom is -0.543 e. The first-order chi connectivity index (χ1) is 17.9. The lowest BCUT2D eigenvalue weighted by Crippen LogP contribution is -2.71. The SMILES string of the molecule is CO/N=C(\C(=O)N[C@@H]1C(=O)N2C(C(=O)[O-])=C(C[n+]3ccc(-c4cnco4)cc3)CS[C@H]12)c1csc(N)n1. The predicted octanol–water partition coefficient (Wildman–Crippen LogP) is -0.878. The maximum atomic E-state index is 13.0. The Morgan fingerprint density at radius 2 is 2.19 bits per heavy atom. The van der Waals surface area contributed by atoms with Crippen LogP contribution in [0.5, 0.6) is 0 Å². The van der Waals surface area contributed by atoms with Crippen LogP contribution >= 0.6 is 23.1 Å². The number of fused-ring (bicyclic) bond motifs is 1. The lowest BCUT2D eigenvalue weighted by Gasteiger charge is -2.50. The van der Waals surface area contributed by atoms with E-state index in [0.717, 1.165) is 21.8 Å². The molecule has 5 rings (SSSR count). The summed E-state index contributed by atoms with van der Waals surface area (Å²) in [4.78, 5) is 51.7. The van der Waals surface area contributed by atoms with E-state index in [1.54, 1.807) is 23.2 Å². The summed E-state index contributed by atoms with van der Waals surface area (Å²) in [5.74, 6) is -1.80. The average molecular weight is 542 g/mol. The molecule has 15 heteroatoms. The first kappa shape index (κ1) is 24.5. The molecule has 2 amide bonds. The number of thioether (sulfide) groups is 1. The number of β-lactam (4-membered cyclic amide) rings is 1. The number of oxazole rings is 1. The Labute approximate surface area is 217 Å². The Morgan fingerprint density at radius 1 is 1.41 bits per heavy atom. The first-order valence-corrected chi connectivity index (χ1v) is 12.7. The highest BCUT2D eigenvalue weighted by atomic mass is 32.2. The van der Waals surface area contributed by atoms with Gasteiger partial charge in [0.25, 0.3) is 11.8 Å². The standard InChI is InChI=1S/C22H19N7O6S2/c1-34-27-15(13-9-37-22(23)25-13)18(30)26-16-19(31)29-17(21(32)33)12(8-36-20(16)29)7-28-4-2-11(3-5-28)14-6-24-10-35-14/h2-6,9-10,16,20H,7-8H2,1H3,(H3-,23,25,26,30,32,33)/b27-15-/t16-,20-/m1/s1. The zero-order valence-corrected chi connectivity index (χ0v) is 20.8. The van der Waals surface area contributed by atoms with E-state index in [0.29, 0.717) is 17.1 Å². The number of carboxylic acids is 1. The second-order valence-electron chi connectivity index (χ2n) is 7.92. The van der Waals surface area contributed by atoms with Crippen molar-refractivity contribution in [1.29, 1.82) is 0 Å². The van der Waals surface area contributed by atoms with E-state index in [2.05, 4.69) is 20.4 Å². The Bertz CT molecular complexity index is 1420. The number of carbonyl (C=O) groups excluding carboxylic acids is 3. The largest absolute Gasteiger partial charge is 0.543 e. The summed E-state index contributed by atoms with van der Waals surface area (Å²) in [6.07, 6.45) is 6.48. The highest BCUT2D eigenvalue weighted by Gasteiger charge is 2.53. The molecule has 13 nitrogen and oxygen atoms in total.